The van der Waals surface area contributed by atoms with Crippen LogP contribution in [0.1, 0.15) is 15.9 Å². The van der Waals surface area contributed by atoms with Crippen LogP contribution in [0.2, 0.25) is 0 Å². The summed E-state index contributed by atoms with van der Waals surface area (Å²) < 4.78 is 11.1. The van der Waals surface area contributed by atoms with E-state index in [9.17, 15) is 4.79 Å². The lowest BCUT2D eigenvalue weighted by Gasteiger charge is -2.28. The third kappa shape index (κ3) is 2.93. The molecule has 2 aromatic rings. The van der Waals surface area contributed by atoms with E-state index in [-0.39, 0.29) is 5.78 Å². The minimum absolute atomic E-state index is 0.0501. The zero-order valence-corrected chi connectivity index (χ0v) is 13.4. The van der Waals surface area contributed by atoms with Crippen LogP contribution in [0.25, 0.3) is 6.08 Å². The summed E-state index contributed by atoms with van der Waals surface area (Å²) >= 11 is 0. The number of benzene rings is 2. The molecular formula is C20H19NO3. The topological polar surface area (TPSA) is 38.8 Å². The molecule has 2 aliphatic rings. The van der Waals surface area contributed by atoms with E-state index < -0.39 is 0 Å². The number of nitrogens with zero attached hydrogens (tertiary/aromatic N) is 1. The summed E-state index contributed by atoms with van der Waals surface area (Å²) in [5.41, 5.74) is 3.53. The van der Waals surface area contributed by atoms with Crippen molar-refractivity contribution >= 4 is 17.5 Å². The number of hydrogen-bond donors (Lipinski definition) is 0. The van der Waals surface area contributed by atoms with Crippen LogP contribution < -0.4 is 9.64 Å². The quantitative estimate of drug-likeness (QED) is 0.796. The van der Waals surface area contributed by atoms with Crippen LogP contribution in [0.3, 0.4) is 0 Å². The van der Waals surface area contributed by atoms with Crippen molar-refractivity contribution in [1.82, 2.24) is 0 Å². The molecule has 24 heavy (non-hydrogen) atoms. The molecule has 2 heterocycles. The van der Waals surface area contributed by atoms with Crippen LogP contribution >= 0.6 is 0 Å². The predicted molar refractivity (Wildman–Crippen MR) is 93.7 cm³/mol. The lowest BCUT2D eigenvalue weighted by molar-refractivity contribution is 0.100. The molecule has 0 radical (unpaired) electrons. The fraction of sp³-hybridized carbons (Fsp3) is 0.250. The highest BCUT2D eigenvalue weighted by Gasteiger charge is 2.22. The molecule has 0 aliphatic carbocycles. The molecule has 1 saturated heterocycles. The second kappa shape index (κ2) is 6.49. The third-order valence-electron chi connectivity index (χ3n) is 4.42. The van der Waals surface area contributed by atoms with Crippen molar-refractivity contribution in [1.29, 1.82) is 0 Å². The van der Waals surface area contributed by atoms with Gasteiger partial charge in [0.05, 0.1) is 18.8 Å². The summed E-state index contributed by atoms with van der Waals surface area (Å²) in [6, 6.07) is 15.7. The highest BCUT2D eigenvalue weighted by molar-refractivity contribution is 6.14. The van der Waals surface area contributed by atoms with Crippen molar-refractivity contribution in [2.75, 3.05) is 37.8 Å². The number of rotatable bonds is 2. The average Bonchev–Trinajstić information content (AvgIpc) is 2.66. The van der Waals surface area contributed by atoms with Gasteiger partial charge < -0.3 is 14.4 Å². The molecule has 0 bridgehead atoms. The minimum atomic E-state index is 0.0501. The number of ether oxygens (including phenoxy) is 2. The number of hydrogen-bond acceptors (Lipinski definition) is 4. The summed E-state index contributed by atoms with van der Waals surface area (Å²) in [4.78, 5) is 14.9. The Labute approximate surface area is 141 Å². The summed E-state index contributed by atoms with van der Waals surface area (Å²) in [6.45, 7) is 3.71. The maximum Gasteiger partial charge on any atom is 0.196 e. The van der Waals surface area contributed by atoms with Crippen molar-refractivity contribution in [3.05, 3.63) is 65.2 Å². The van der Waals surface area contributed by atoms with Crippen LogP contribution in [-0.2, 0) is 4.74 Å². The van der Waals surface area contributed by atoms with Gasteiger partial charge in [-0.1, -0.05) is 24.3 Å². The van der Waals surface area contributed by atoms with Gasteiger partial charge in [0.1, 0.15) is 12.4 Å². The number of fused-ring (bicyclic) bond motifs is 1. The molecule has 4 rings (SSSR count). The highest BCUT2D eigenvalue weighted by Crippen LogP contribution is 2.28. The molecule has 4 nitrogen and oxygen atoms in total. The second-order valence-corrected chi connectivity index (χ2v) is 5.97. The van der Waals surface area contributed by atoms with Crippen LogP contribution in [-0.4, -0.2) is 38.7 Å². The molecule has 0 amide bonds. The van der Waals surface area contributed by atoms with E-state index in [0.29, 0.717) is 23.5 Å². The Morgan fingerprint density at radius 2 is 1.71 bits per heavy atom. The van der Waals surface area contributed by atoms with Gasteiger partial charge in [-0.25, -0.2) is 0 Å². The second-order valence-electron chi connectivity index (χ2n) is 5.97. The van der Waals surface area contributed by atoms with Gasteiger partial charge in [0.15, 0.2) is 5.78 Å². The van der Waals surface area contributed by atoms with E-state index in [4.69, 9.17) is 9.47 Å². The monoisotopic (exact) mass is 321 g/mol. The fourth-order valence-electron chi connectivity index (χ4n) is 3.09. The van der Waals surface area contributed by atoms with Crippen LogP contribution in [0.4, 0.5) is 5.69 Å². The first-order valence-electron chi connectivity index (χ1n) is 8.21. The summed E-state index contributed by atoms with van der Waals surface area (Å²) in [7, 11) is 0. The molecule has 0 saturated carbocycles. The molecule has 0 atom stereocenters. The van der Waals surface area contributed by atoms with Gasteiger partial charge >= 0.3 is 0 Å². The molecule has 2 aliphatic heterocycles. The Kier molecular flexibility index (Phi) is 4.05. The van der Waals surface area contributed by atoms with Crippen LogP contribution in [0, 0.1) is 0 Å². The lowest BCUT2D eigenvalue weighted by atomic mass is 9.98. The Morgan fingerprint density at radius 3 is 2.50 bits per heavy atom. The van der Waals surface area contributed by atoms with Crippen molar-refractivity contribution < 1.29 is 14.3 Å². The third-order valence-corrected chi connectivity index (χ3v) is 4.42. The Hall–Kier alpha value is -2.59. The van der Waals surface area contributed by atoms with E-state index in [2.05, 4.69) is 17.0 Å². The Morgan fingerprint density at radius 1 is 0.958 bits per heavy atom. The van der Waals surface area contributed by atoms with Crippen molar-refractivity contribution in [2.24, 2.45) is 0 Å². The number of anilines is 1. The molecule has 0 N–H and O–H groups in total. The highest BCUT2D eigenvalue weighted by atomic mass is 16.5. The lowest BCUT2D eigenvalue weighted by Crippen LogP contribution is -2.36. The fourth-order valence-corrected chi connectivity index (χ4v) is 3.09. The Balaban J connectivity index is 1.54. The van der Waals surface area contributed by atoms with Gasteiger partial charge in [-0.2, -0.15) is 0 Å². The maximum absolute atomic E-state index is 12.6. The maximum atomic E-state index is 12.6. The molecule has 0 aromatic heterocycles. The van der Waals surface area contributed by atoms with Crippen LogP contribution in [0.5, 0.6) is 5.75 Å². The van der Waals surface area contributed by atoms with Gasteiger partial charge in [-0.05, 0) is 35.9 Å². The molecular weight excluding hydrogens is 302 g/mol. The molecule has 1 fully saturated rings. The predicted octanol–water partition coefficient (Wildman–Crippen LogP) is 3.18. The molecule has 122 valence electrons. The zero-order valence-electron chi connectivity index (χ0n) is 13.4. The molecule has 4 heteroatoms. The van der Waals surface area contributed by atoms with E-state index in [1.54, 1.807) is 0 Å². The number of Topliss-reactive ketones (excluding diaryl/α,β-unsaturated/α-hetero) is 1. The van der Waals surface area contributed by atoms with Gasteiger partial charge in [-0.15, -0.1) is 0 Å². The summed E-state index contributed by atoms with van der Waals surface area (Å²) in [5.74, 6) is 0.719. The molecule has 2 aromatic carbocycles. The van der Waals surface area contributed by atoms with Crippen molar-refractivity contribution in [2.45, 2.75) is 0 Å². The van der Waals surface area contributed by atoms with Gasteiger partial charge in [0, 0.05) is 24.4 Å². The zero-order chi connectivity index (χ0) is 16.4. The van der Waals surface area contributed by atoms with E-state index in [1.165, 1.54) is 5.69 Å². The number of carbonyl (C=O) groups is 1. The number of morpholine rings is 1. The first kappa shape index (κ1) is 15.0. The number of carbonyl (C=O) groups excluding carboxylic acids is 1. The molecule has 0 spiro atoms. The van der Waals surface area contributed by atoms with Crippen molar-refractivity contribution in [3.63, 3.8) is 0 Å². The van der Waals surface area contributed by atoms with E-state index >= 15 is 0 Å². The average molecular weight is 321 g/mol. The number of ketones is 1. The first-order valence-corrected chi connectivity index (χ1v) is 8.21. The summed E-state index contributed by atoms with van der Waals surface area (Å²) in [5, 5.41) is 0. The number of para-hydroxylation sites is 1. The normalized spacial score (nSPS) is 19.1. The molecule has 0 unspecified atom stereocenters. The van der Waals surface area contributed by atoms with E-state index in [0.717, 1.165) is 31.9 Å². The van der Waals surface area contributed by atoms with Gasteiger partial charge in [0.2, 0.25) is 0 Å². The van der Waals surface area contributed by atoms with Crippen molar-refractivity contribution in [3.8, 4) is 5.75 Å². The largest absolute Gasteiger partial charge is 0.488 e. The SMILES string of the molecule is O=C1C(=Cc2ccc(N3CCOCC3)cc2)COc2ccccc21. The minimum Gasteiger partial charge on any atom is -0.488 e. The first-order chi connectivity index (χ1) is 11.8. The standard InChI is InChI=1S/C20H19NO3/c22-20-16(14-24-19-4-2-1-3-18(19)20)13-15-5-7-17(8-6-15)21-9-11-23-12-10-21/h1-8,13H,9-12,14H2. The Bertz CT molecular complexity index is 774. The summed E-state index contributed by atoms with van der Waals surface area (Å²) in [6.07, 6.45) is 1.92. The van der Waals surface area contributed by atoms with E-state index in [1.807, 2.05) is 42.5 Å². The van der Waals surface area contributed by atoms with Crippen LogP contribution in [0.15, 0.2) is 54.1 Å². The van der Waals surface area contributed by atoms with Gasteiger partial charge in [-0.3, -0.25) is 4.79 Å². The van der Waals surface area contributed by atoms with Gasteiger partial charge in [0.25, 0.3) is 0 Å². The smallest absolute Gasteiger partial charge is 0.196 e.